The van der Waals surface area contributed by atoms with Gasteiger partial charge in [0, 0.05) is 43.2 Å². The molecule has 0 radical (unpaired) electrons. The van der Waals surface area contributed by atoms with Gasteiger partial charge in [-0.15, -0.1) is 0 Å². The summed E-state index contributed by atoms with van der Waals surface area (Å²) < 4.78 is 15.6. The molecular formula is C28H28N6O4. The van der Waals surface area contributed by atoms with Gasteiger partial charge in [-0.05, 0) is 55.5 Å². The second-order valence-corrected chi connectivity index (χ2v) is 11.1. The molecule has 38 heavy (non-hydrogen) atoms. The first kappa shape index (κ1) is 22.0. The number of carbonyl (C=O) groups is 2. The van der Waals surface area contributed by atoms with Crippen molar-refractivity contribution in [3.05, 3.63) is 42.1 Å². The van der Waals surface area contributed by atoms with E-state index in [1.807, 2.05) is 34.8 Å². The summed E-state index contributed by atoms with van der Waals surface area (Å²) in [6, 6.07) is 9.67. The predicted octanol–water partition coefficient (Wildman–Crippen LogP) is 3.33. The number of amides is 2. The van der Waals surface area contributed by atoms with Crippen LogP contribution >= 0.6 is 0 Å². The summed E-state index contributed by atoms with van der Waals surface area (Å²) in [6.45, 7) is 1.52. The Labute approximate surface area is 218 Å². The molecule has 4 fully saturated rings. The lowest BCUT2D eigenvalue weighted by molar-refractivity contribution is 0.0145. The Morgan fingerprint density at radius 1 is 1.26 bits per heavy atom. The van der Waals surface area contributed by atoms with Crippen molar-refractivity contribution in [2.75, 3.05) is 13.7 Å². The highest BCUT2D eigenvalue weighted by atomic mass is 16.6. The molecule has 4 aliphatic rings. The summed E-state index contributed by atoms with van der Waals surface area (Å²) in [5.41, 5.74) is 4.04. The molecule has 1 aromatic carbocycles. The van der Waals surface area contributed by atoms with Gasteiger partial charge in [0.15, 0.2) is 5.82 Å². The molecule has 0 spiro atoms. The van der Waals surface area contributed by atoms with Crippen LogP contribution in [0.15, 0.2) is 36.5 Å². The van der Waals surface area contributed by atoms with Crippen molar-refractivity contribution >= 4 is 34.1 Å². The highest BCUT2D eigenvalue weighted by Crippen LogP contribution is 2.43. The van der Waals surface area contributed by atoms with Crippen molar-refractivity contribution in [2.45, 2.75) is 44.0 Å². The van der Waals surface area contributed by atoms with Crippen molar-refractivity contribution in [1.82, 2.24) is 29.3 Å². The van der Waals surface area contributed by atoms with Crippen LogP contribution in [0.2, 0.25) is 0 Å². The van der Waals surface area contributed by atoms with Crippen molar-refractivity contribution < 1.29 is 19.1 Å². The number of likely N-dealkylation sites (tertiary alicyclic amines) is 1. The van der Waals surface area contributed by atoms with Gasteiger partial charge in [0.2, 0.25) is 0 Å². The second kappa shape index (κ2) is 7.72. The van der Waals surface area contributed by atoms with E-state index in [0.717, 1.165) is 41.0 Å². The van der Waals surface area contributed by atoms with Crippen molar-refractivity contribution in [3.63, 3.8) is 0 Å². The number of piperidine rings is 1. The Bertz CT molecular complexity index is 1650. The lowest BCUT2D eigenvalue weighted by Crippen LogP contribution is -2.56. The van der Waals surface area contributed by atoms with E-state index in [1.54, 1.807) is 13.2 Å². The molecular weight excluding hydrogens is 484 g/mol. The lowest BCUT2D eigenvalue weighted by Gasteiger charge is -2.35. The molecule has 4 aromatic rings. The monoisotopic (exact) mass is 512 g/mol. The fourth-order valence-electron chi connectivity index (χ4n) is 6.90. The van der Waals surface area contributed by atoms with E-state index < -0.39 is 0 Å². The van der Waals surface area contributed by atoms with Crippen LogP contribution in [-0.2, 0) is 18.3 Å². The number of hydrogen-bond donors (Lipinski definition) is 1. The molecule has 194 valence electrons. The van der Waals surface area contributed by atoms with Gasteiger partial charge in [-0.2, -0.15) is 0 Å². The third kappa shape index (κ3) is 3.06. The molecule has 1 N–H and O–H groups in total. The average molecular weight is 513 g/mol. The van der Waals surface area contributed by atoms with Crippen LogP contribution in [0.3, 0.4) is 0 Å². The summed E-state index contributed by atoms with van der Waals surface area (Å²) in [5, 5.41) is 4.00. The zero-order valence-corrected chi connectivity index (χ0v) is 21.3. The van der Waals surface area contributed by atoms with Crippen molar-refractivity contribution in [1.29, 1.82) is 0 Å². The lowest BCUT2D eigenvalue weighted by atomic mass is 10.1. The summed E-state index contributed by atoms with van der Waals surface area (Å²) in [4.78, 5) is 37.2. The average Bonchev–Trinajstić information content (AvgIpc) is 3.38. The maximum absolute atomic E-state index is 13.8. The first-order valence-electron chi connectivity index (χ1n) is 13.3. The number of hydrogen-bond acceptors (Lipinski definition) is 6. The molecule has 2 amide bonds. The SMILES string of the molecule is COc1cc(C(=O)N2C[C@H]3CC4OC(=O)NC3C42)cc2nc(-c3cc4cccnc4n3CC3CC3)n(C)c12. The van der Waals surface area contributed by atoms with Crippen molar-refractivity contribution in [2.24, 2.45) is 18.9 Å². The number of nitrogens with zero attached hydrogens (tertiary/aromatic N) is 5. The van der Waals surface area contributed by atoms with Crippen LogP contribution in [0.1, 0.15) is 29.6 Å². The van der Waals surface area contributed by atoms with Crippen LogP contribution in [0.4, 0.5) is 4.79 Å². The number of fused-ring (bicyclic) bond motifs is 2. The van der Waals surface area contributed by atoms with Gasteiger partial charge < -0.3 is 28.8 Å². The van der Waals surface area contributed by atoms with Crippen LogP contribution < -0.4 is 10.1 Å². The number of alkyl carbamates (subject to hydrolysis) is 1. The molecule has 4 atom stereocenters. The number of methoxy groups -OCH3 is 1. The quantitative estimate of drug-likeness (QED) is 0.440. The summed E-state index contributed by atoms with van der Waals surface area (Å²) in [7, 11) is 3.61. The molecule has 4 bridgehead atoms. The smallest absolute Gasteiger partial charge is 0.407 e. The Morgan fingerprint density at radius 2 is 2.13 bits per heavy atom. The third-order valence-corrected chi connectivity index (χ3v) is 8.81. The number of imidazole rings is 1. The van der Waals surface area contributed by atoms with E-state index in [1.165, 1.54) is 12.8 Å². The van der Waals surface area contributed by atoms with E-state index in [0.29, 0.717) is 29.3 Å². The zero-order valence-electron chi connectivity index (χ0n) is 21.3. The Balaban J connectivity index is 1.21. The zero-order chi connectivity index (χ0) is 25.7. The molecule has 5 heterocycles. The van der Waals surface area contributed by atoms with Crippen LogP contribution in [0.25, 0.3) is 33.6 Å². The van der Waals surface area contributed by atoms with Gasteiger partial charge in [0.05, 0.1) is 30.4 Å². The number of benzene rings is 1. The maximum Gasteiger partial charge on any atom is 0.407 e. The number of rotatable bonds is 5. The van der Waals surface area contributed by atoms with E-state index in [2.05, 4.69) is 27.0 Å². The summed E-state index contributed by atoms with van der Waals surface area (Å²) in [5.74, 6) is 2.21. The maximum atomic E-state index is 13.8. The second-order valence-electron chi connectivity index (χ2n) is 11.1. The third-order valence-electron chi connectivity index (χ3n) is 8.81. The topological polar surface area (TPSA) is 104 Å². The van der Waals surface area contributed by atoms with Gasteiger partial charge in [-0.1, -0.05) is 0 Å². The molecule has 3 aromatic heterocycles. The fraction of sp³-hybridized carbons (Fsp3) is 0.429. The van der Waals surface area contributed by atoms with E-state index in [9.17, 15) is 9.59 Å². The number of ether oxygens (including phenoxy) is 2. The van der Waals surface area contributed by atoms with E-state index in [-0.39, 0.29) is 36.1 Å². The highest BCUT2D eigenvalue weighted by molar-refractivity contribution is 6.00. The van der Waals surface area contributed by atoms with Crippen molar-refractivity contribution in [3.8, 4) is 17.3 Å². The normalized spacial score (nSPS) is 25.7. The van der Waals surface area contributed by atoms with E-state index >= 15 is 0 Å². The number of pyridine rings is 1. The summed E-state index contributed by atoms with van der Waals surface area (Å²) in [6.07, 6.45) is 4.48. The largest absolute Gasteiger partial charge is 0.494 e. The molecule has 10 heteroatoms. The molecule has 2 saturated heterocycles. The first-order chi connectivity index (χ1) is 18.5. The molecule has 8 rings (SSSR count). The standard InChI is InChI=1S/C28H28N6O4/c1-32-23-18(30-26(32)19-9-15-4-3-7-29-25(15)33(19)12-14-5-6-14)8-16(10-20(23)37-2)27(35)34-13-17-11-21-24(34)22(17)31-28(36)38-21/h3-4,7-10,14,17,21-22,24H,5-6,11-13H2,1-2H3,(H,31,36)/t17-,21?,22?,24?/m1/s1. The molecule has 10 nitrogen and oxygen atoms in total. The Kier molecular flexibility index (Phi) is 4.46. The van der Waals surface area contributed by atoms with Gasteiger partial charge in [-0.3, -0.25) is 4.79 Å². The molecule has 3 unspecified atom stereocenters. The molecule has 2 aliphatic heterocycles. The van der Waals surface area contributed by atoms with Gasteiger partial charge in [0.25, 0.3) is 5.91 Å². The minimum absolute atomic E-state index is 0.0423. The minimum atomic E-state index is -0.383. The predicted molar refractivity (Wildman–Crippen MR) is 139 cm³/mol. The van der Waals surface area contributed by atoms with Crippen LogP contribution in [0.5, 0.6) is 5.75 Å². The number of aromatic nitrogens is 4. The molecule has 2 aliphatic carbocycles. The van der Waals surface area contributed by atoms with Crippen LogP contribution in [-0.4, -0.2) is 67.8 Å². The van der Waals surface area contributed by atoms with Gasteiger partial charge in [-0.25, -0.2) is 14.8 Å². The number of carbonyl (C=O) groups excluding carboxylic acids is 2. The van der Waals surface area contributed by atoms with Gasteiger partial charge >= 0.3 is 6.09 Å². The Morgan fingerprint density at radius 3 is 2.92 bits per heavy atom. The Hall–Kier alpha value is -4.08. The van der Waals surface area contributed by atoms with Gasteiger partial charge in [0.1, 0.15) is 23.0 Å². The summed E-state index contributed by atoms with van der Waals surface area (Å²) >= 11 is 0. The fourth-order valence-corrected chi connectivity index (χ4v) is 6.90. The van der Waals surface area contributed by atoms with E-state index in [4.69, 9.17) is 14.5 Å². The first-order valence-corrected chi connectivity index (χ1v) is 13.3. The highest BCUT2D eigenvalue weighted by Gasteiger charge is 2.59. The minimum Gasteiger partial charge on any atom is -0.494 e. The number of aryl methyl sites for hydroxylation is 1. The number of nitrogens with one attached hydrogen (secondary N) is 1. The van der Waals surface area contributed by atoms with Crippen LogP contribution in [0, 0.1) is 11.8 Å². The molecule has 2 saturated carbocycles.